The molecule has 5 nitrogen and oxygen atoms in total. The van der Waals surface area contributed by atoms with Gasteiger partial charge in [-0.3, -0.25) is 0 Å². The van der Waals surface area contributed by atoms with Gasteiger partial charge in [-0.1, -0.05) is 30.3 Å². The van der Waals surface area contributed by atoms with Crippen LogP contribution in [0.5, 0.6) is 5.75 Å². The quantitative estimate of drug-likeness (QED) is 0.783. The predicted octanol–water partition coefficient (Wildman–Crippen LogP) is 2.40. The monoisotopic (exact) mass is 308 g/mol. The van der Waals surface area contributed by atoms with E-state index in [-0.39, 0.29) is 23.8 Å². The summed E-state index contributed by atoms with van der Waals surface area (Å²) < 4.78 is 10.7. The van der Waals surface area contributed by atoms with Gasteiger partial charge in [0.15, 0.2) is 4.88 Å². The lowest BCUT2D eigenvalue weighted by Crippen LogP contribution is -2.23. The van der Waals surface area contributed by atoms with Gasteiger partial charge in [-0.2, -0.15) is 0 Å². The van der Waals surface area contributed by atoms with Crippen molar-refractivity contribution >= 4 is 17.3 Å². The van der Waals surface area contributed by atoms with Crippen molar-refractivity contribution in [3.8, 4) is 5.75 Å². The zero-order valence-corrected chi connectivity index (χ0v) is 12.1. The summed E-state index contributed by atoms with van der Waals surface area (Å²) in [6.45, 7) is 0.532. The number of thiophene rings is 1. The van der Waals surface area contributed by atoms with Crippen molar-refractivity contribution in [3.05, 3.63) is 52.2 Å². The molecule has 0 bridgehead atoms. The summed E-state index contributed by atoms with van der Waals surface area (Å²) in [6.07, 6.45) is -0.810. The average Bonchev–Trinajstić information content (AvgIpc) is 2.95. The molecule has 0 aliphatic carbocycles. The highest BCUT2D eigenvalue weighted by Crippen LogP contribution is 2.24. The van der Waals surface area contributed by atoms with Gasteiger partial charge in [-0.05, 0) is 17.0 Å². The summed E-state index contributed by atoms with van der Waals surface area (Å²) >= 11 is 1.09. The molecule has 0 saturated heterocycles. The number of carboxylic acid groups (broad SMARTS) is 1. The second-order valence-electron chi connectivity index (χ2n) is 4.38. The van der Waals surface area contributed by atoms with E-state index in [0.29, 0.717) is 6.61 Å². The number of carboxylic acids is 1. The van der Waals surface area contributed by atoms with Crippen LogP contribution in [0.4, 0.5) is 0 Å². The molecular formula is C15H16O5S. The van der Waals surface area contributed by atoms with Crippen molar-refractivity contribution in [2.45, 2.75) is 12.7 Å². The number of ether oxygens (including phenoxy) is 2. The van der Waals surface area contributed by atoms with Crippen molar-refractivity contribution < 1.29 is 24.5 Å². The van der Waals surface area contributed by atoms with Gasteiger partial charge in [-0.25, -0.2) is 4.79 Å². The van der Waals surface area contributed by atoms with Crippen LogP contribution in [0.3, 0.4) is 0 Å². The summed E-state index contributed by atoms with van der Waals surface area (Å²) in [7, 11) is 0. The van der Waals surface area contributed by atoms with Gasteiger partial charge in [0, 0.05) is 0 Å². The van der Waals surface area contributed by atoms with Crippen LogP contribution in [0.25, 0.3) is 0 Å². The molecule has 0 aliphatic heterocycles. The molecule has 0 radical (unpaired) electrons. The van der Waals surface area contributed by atoms with Crippen LogP contribution >= 0.6 is 11.3 Å². The van der Waals surface area contributed by atoms with Crippen molar-refractivity contribution in [2.24, 2.45) is 0 Å². The molecule has 21 heavy (non-hydrogen) atoms. The maximum absolute atomic E-state index is 10.9. The molecule has 6 heteroatoms. The van der Waals surface area contributed by atoms with Crippen LogP contribution in [0, 0.1) is 0 Å². The summed E-state index contributed by atoms with van der Waals surface area (Å²) in [5.41, 5.74) is 1.02. The van der Waals surface area contributed by atoms with Crippen LogP contribution in [0.1, 0.15) is 15.2 Å². The van der Waals surface area contributed by atoms with Crippen LogP contribution in [0.15, 0.2) is 41.8 Å². The minimum atomic E-state index is -1.03. The highest BCUT2D eigenvalue weighted by Gasteiger charge is 2.14. The third-order valence-corrected chi connectivity index (χ3v) is 3.56. The number of hydrogen-bond acceptors (Lipinski definition) is 5. The second kappa shape index (κ2) is 7.78. The molecule has 1 aromatic carbocycles. The van der Waals surface area contributed by atoms with Crippen LogP contribution in [-0.4, -0.2) is 35.5 Å². The minimum Gasteiger partial charge on any atom is -0.489 e. The Morgan fingerprint density at radius 3 is 2.67 bits per heavy atom. The van der Waals surface area contributed by atoms with E-state index in [2.05, 4.69) is 0 Å². The molecule has 0 amide bonds. The van der Waals surface area contributed by atoms with Gasteiger partial charge >= 0.3 is 5.97 Å². The molecule has 1 aromatic heterocycles. The van der Waals surface area contributed by atoms with E-state index in [1.807, 2.05) is 30.3 Å². The maximum atomic E-state index is 10.9. The Kier molecular flexibility index (Phi) is 5.74. The molecule has 0 spiro atoms. The summed E-state index contributed by atoms with van der Waals surface area (Å²) in [6, 6.07) is 11.2. The van der Waals surface area contributed by atoms with Gasteiger partial charge in [0.1, 0.15) is 18.5 Å². The van der Waals surface area contributed by atoms with Crippen molar-refractivity contribution in [1.29, 1.82) is 0 Å². The minimum absolute atomic E-state index is 0.00813. The number of carbonyl (C=O) groups is 1. The zero-order chi connectivity index (χ0) is 15.1. The summed E-state index contributed by atoms with van der Waals surface area (Å²) in [5, 5.41) is 20.3. The number of benzene rings is 1. The second-order valence-corrected chi connectivity index (χ2v) is 5.30. The Hall–Kier alpha value is -1.89. The standard InChI is InChI=1S/C15H16O5S/c16-12(9-19-8-11-4-2-1-3-5-11)10-20-13-6-7-21-14(13)15(17)18/h1-7,12,16H,8-10H2,(H,17,18). The first-order valence-electron chi connectivity index (χ1n) is 6.40. The summed E-state index contributed by atoms with van der Waals surface area (Å²) in [4.78, 5) is 11.0. The number of aromatic carboxylic acids is 1. The van der Waals surface area contributed by atoms with E-state index in [1.165, 1.54) is 0 Å². The Bertz CT molecular complexity index is 566. The molecule has 1 unspecified atom stereocenters. The third kappa shape index (κ3) is 4.86. The lowest BCUT2D eigenvalue weighted by Gasteiger charge is -2.12. The van der Waals surface area contributed by atoms with E-state index in [4.69, 9.17) is 14.6 Å². The normalized spacial score (nSPS) is 12.0. The first kappa shape index (κ1) is 15.5. The Balaban J connectivity index is 1.71. The molecule has 1 atom stereocenters. The average molecular weight is 308 g/mol. The fourth-order valence-corrected chi connectivity index (χ4v) is 2.36. The van der Waals surface area contributed by atoms with Crippen molar-refractivity contribution in [2.75, 3.05) is 13.2 Å². The number of aliphatic hydroxyl groups is 1. The lowest BCUT2D eigenvalue weighted by molar-refractivity contribution is 0.00532. The topological polar surface area (TPSA) is 76.0 Å². The van der Waals surface area contributed by atoms with E-state index < -0.39 is 12.1 Å². The molecule has 0 saturated carbocycles. The van der Waals surface area contributed by atoms with Crippen LogP contribution in [-0.2, 0) is 11.3 Å². The molecule has 2 aromatic rings. The van der Waals surface area contributed by atoms with E-state index >= 15 is 0 Å². The molecule has 2 rings (SSSR count). The number of rotatable bonds is 8. The zero-order valence-electron chi connectivity index (χ0n) is 11.3. The molecule has 2 N–H and O–H groups in total. The first-order valence-corrected chi connectivity index (χ1v) is 7.28. The molecule has 0 aliphatic rings. The Morgan fingerprint density at radius 1 is 1.19 bits per heavy atom. The largest absolute Gasteiger partial charge is 0.489 e. The van der Waals surface area contributed by atoms with Crippen molar-refractivity contribution in [3.63, 3.8) is 0 Å². The molecule has 112 valence electrons. The Morgan fingerprint density at radius 2 is 1.95 bits per heavy atom. The molecule has 1 heterocycles. The summed E-state index contributed by atoms with van der Waals surface area (Å²) in [5.74, 6) is -0.760. The van der Waals surface area contributed by atoms with Crippen LogP contribution < -0.4 is 4.74 Å². The maximum Gasteiger partial charge on any atom is 0.349 e. The molecule has 0 fully saturated rings. The van der Waals surface area contributed by atoms with Gasteiger partial charge in [-0.15, -0.1) is 11.3 Å². The van der Waals surface area contributed by atoms with Crippen LogP contribution in [0.2, 0.25) is 0 Å². The fourth-order valence-electron chi connectivity index (χ4n) is 1.69. The SMILES string of the molecule is O=C(O)c1sccc1OCC(O)COCc1ccccc1. The number of aliphatic hydroxyl groups excluding tert-OH is 1. The van der Waals surface area contributed by atoms with Gasteiger partial charge in [0.25, 0.3) is 0 Å². The molecular weight excluding hydrogens is 292 g/mol. The third-order valence-electron chi connectivity index (χ3n) is 2.68. The van der Waals surface area contributed by atoms with E-state index in [0.717, 1.165) is 16.9 Å². The van der Waals surface area contributed by atoms with Gasteiger partial charge in [0.2, 0.25) is 0 Å². The van der Waals surface area contributed by atoms with E-state index in [9.17, 15) is 9.90 Å². The predicted molar refractivity (Wildman–Crippen MR) is 78.9 cm³/mol. The van der Waals surface area contributed by atoms with Gasteiger partial charge in [0.05, 0.1) is 13.2 Å². The fraction of sp³-hybridized carbons (Fsp3) is 0.267. The number of hydrogen-bond donors (Lipinski definition) is 2. The van der Waals surface area contributed by atoms with Crippen molar-refractivity contribution in [1.82, 2.24) is 0 Å². The van der Waals surface area contributed by atoms with Gasteiger partial charge < -0.3 is 19.7 Å². The first-order chi connectivity index (χ1) is 10.2. The lowest BCUT2D eigenvalue weighted by atomic mass is 10.2. The Labute approximate surface area is 126 Å². The van der Waals surface area contributed by atoms with E-state index in [1.54, 1.807) is 11.4 Å². The smallest absolute Gasteiger partial charge is 0.349 e. The highest BCUT2D eigenvalue weighted by molar-refractivity contribution is 7.12. The highest BCUT2D eigenvalue weighted by atomic mass is 32.1.